The Morgan fingerprint density at radius 2 is 0.857 bits per heavy atom. The van der Waals surface area contributed by atoms with Gasteiger partial charge in [0, 0.05) is 12.8 Å². The Bertz CT molecular complexity index is 803. The first-order valence-electron chi connectivity index (χ1n) is 19.9. The van der Waals surface area contributed by atoms with Gasteiger partial charge in [-0.25, -0.2) is 0 Å². The second kappa shape index (κ2) is 36.7. The maximum atomic E-state index is 10.9. The number of carboxylic acid groups (broad SMARTS) is 1. The van der Waals surface area contributed by atoms with Crippen LogP contribution in [0.15, 0.2) is 24.3 Å². The minimum Gasteiger partial charge on any atom is -0.870 e. The van der Waals surface area contributed by atoms with E-state index in [4.69, 9.17) is 14.6 Å². The van der Waals surface area contributed by atoms with Gasteiger partial charge in [0.1, 0.15) is 0 Å². The first-order valence-corrected chi connectivity index (χ1v) is 19.9. The van der Waals surface area contributed by atoms with Crippen LogP contribution in [0.25, 0.3) is 0 Å². The van der Waals surface area contributed by atoms with Crippen LogP contribution in [-0.2, 0) is 23.8 Å². The monoisotopic (exact) mass is 687 g/mol. The smallest absolute Gasteiger partial charge is 0.870 e. The first kappa shape index (κ1) is 50.0. The third kappa shape index (κ3) is 33.8. The molecule has 0 spiro atoms. The standard InChI is InChI=1S/C21H38O3.C20H36O3.Li.H2O/c1-3-19-20(24-19)17-15-13-11-9-7-5-4-6-8-10-12-14-16-18-21(22)23-2;1-2-18-19(23-18)16-14-12-10-8-6-4-3-5-7-9-11-13-15-17-20(21)22;;/h10,12,19-20H,3-9,11,13-18H2,1-2H3;9,11,18-19H,2-8,10,12-17H2,1H3,(H,21,22);;1H2/q;;+1;/p-1/b12-10-;11-9-;;. The molecule has 2 saturated heterocycles. The van der Waals surface area contributed by atoms with Gasteiger partial charge in [0.2, 0.25) is 0 Å². The van der Waals surface area contributed by atoms with Gasteiger partial charge in [-0.1, -0.05) is 128 Å². The molecule has 7 nitrogen and oxygen atoms in total. The topological polar surface area (TPSA) is 119 Å². The Labute approximate surface area is 313 Å². The summed E-state index contributed by atoms with van der Waals surface area (Å²) in [4.78, 5) is 21.3. The summed E-state index contributed by atoms with van der Waals surface area (Å²) in [7, 11) is 1.45. The molecule has 4 unspecified atom stereocenters. The Kier molecular flexibility index (Phi) is 37.4. The fraction of sp³-hybridized carbons (Fsp3) is 0.854. The largest absolute Gasteiger partial charge is 1.00 e. The molecule has 0 aliphatic carbocycles. The van der Waals surface area contributed by atoms with Crippen LogP contribution in [0, 0.1) is 0 Å². The zero-order chi connectivity index (χ0) is 34.2. The van der Waals surface area contributed by atoms with E-state index in [9.17, 15) is 9.59 Å². The van der Waals surface area contributed by atoms with Gasteiger partial charge in [0.05, 0.1) is 31.5 Å². The number of epoxide rings is 2. The first-order chi connectivity index (χ1) is 23.0. The number of esters is 1. The van der Waals surface area contributed by atoms with Gasteiger partial charge < -0.3 is 24.8 Å². The van der Waals surface area contributed by atoms with Gasteiger partial charge in [-0.2, -0.15) is 0 Å². The Hall–Kier alpha value is -1.10. The summed E-state index contributed by atoms with van der Waals surface area (Å²) in [6, 6.07) is 0. The van der Waals surface area contributed by atoms with Crippen LogP contribution in [0.3, 0.4) is 0 Å². The zero-order valence-electron chi connectivity index (χ0n) is 32.4. The number of aliphatic carboxylic acids is 1. The van der Waals surface area contributed by atoms with Gasteiger partial charge in [-0.05, 0) is 77.0 Å². The Morgan fingerprint density at radius 3 is 1.18 bits per heavy atom. The molecule has 0 aromatic rings. The number of hydrogen-bond acceptors (Lipinski definition) is 6. The van der Waals surface area contributed by atoms with E-state index in [1.165, 1.54) is 142 Å². The minimum absolute atomic E-state index is 0. The SMILES string of the molecule is CCC1OC1CCCCCCCCCC/C=C\CCCC(=O)O.CCC1OC1CCCCCCCCCC/C=C\CCCC(=O)OC.[Li+].[OH-]. The number of hydrogen-bond donors (Lipinski definition) is 1. The predicted octanol–water partition coefficient (Wildman–Crippen LogP) is 8.67. The maximum Gasteiger partial charge on any atom is 1.00 e. The number of rotatable bonds is 32. The van der Waals surface area contributed by atoms with E-state index in [1.807, 2.05) is 0 Å². The van der Waals surface area contributed by atoms with Crippen molar-refractivity contribution in [3.8, 4) is 0 Å². The molecule has 0 amide bonds. The number of carboxylic acids is 1. The summed E-state index contributed by atoms with van der Waals surface area (Å²) in [5.74, 6) is -0.793. The molecule has 2 fully saturated rings. The van der Waals surface area contributed by atoms with Crippen LogP contribution in [-0.4, -0.2) is 54.0 Å². The molecule has 0 aromatic heterocycles. The Balaban J connectivity index is 0. The molecule has 8 heteroatoms. The molecule has 0 aromatic carbocycles. The van der Waals surface area contributed by atoms with Crippen LogP contribution in [0.4, 0.5) is 0 Å². The summed E-state index contributed by atoms with van der Waals surface area (Å²) < 4.78 is 15.7. The van der Waals surface area contributed by atoms with E-state index in [0.717, 1.165) is 32.1 Å². The fourth-order valence-corrected chi connectivity index (χ4v) is 6.23. The number of carbonyl (C=O) groups is 2. The summed E-state index contributed by atoms with van der Waals surface area (Å²) in [6.07, 6.45) is 44.5. The summed E-state index contributed by atoms with van der Waals surface area (Å²) in [5, 5.41) is 8.52. The van der Waals surface area contributed by atoms with Crippen molar-refractivity contribution in [1.82, 2.24) is 0 Å². The van der Waals surface area contributed by atoms with Crippen LogP contribution >= 0.6 is 0 Å². The van der Waals surface area contributed by atoms with Crippen molar-refractivity contribution in [3.63, 3.8) is 0 Å². The second-order valence-corrected chi connectivity index (χ2v) is 13.8. The van der Waals surface area contributed by atoms with Crippen molar-refractivity contribution in [3.05, 3.63) is 24.3 Å². The summed E-state index contributed by atoms with van der Waals surface area (Å²) in [6.45, 7) is 4.42. The molecule has 49 heavy (non-hydrogen) atoms. The quantitative estimate of drug-likeness (QED) is 0.0247. The van der Waals surface area contributed by atoms with Crippen molar-refractivity contribution in [2.45, 2.75) is 218 Å². The van der Waals surface area contributed by atoms with E-state index >= 15 is 0 Å². The molecule has 2 rings (SSSR count). The Morgan fingerprint density at radius 1 is 0.531 bits per heavy atom. The molecule has 2 heterocycles. The normalized spacial score (nSPS) is 19.2. The molecule has 2 aliphatic heterocycles. The van der Waals surface area contributed by atoms with E-state index < -0.39 is 5.97 Å². The van der Waals surface area contributed by atoms with E-state index in [1.54, 1.807) is 0 Å². The molecular weight excluding hydrogens is 611 g/mol. The number of carbonyl (C=O) groups excluding carboxylic acids is 1. The van der Waals surface area contributed by atoms with Gasteiger partial charge in [-0.3, -0.25) is 9.59 Å². The van der Waals surface area contributed by atoms with Crippen molar-refractivity contribution >= 4 is 11.9 Å². The average Bonchev–Trinajstić information content (AvgIpc) is 4.00. The van der Waals surface area contributed by atoms with Crippen molar-refractivity contribution in [1.29, 1.82) is 0 Å². The summed E-state index contributed by atoms with van der Waals surface area (Å²) in [5.41, 5.74) is 0. The van der Waals surface area contributed by atoms with Crippen LogP contribution in [0.5, 0.6) is 0 Å². The van der Waals surface area contributed by atoms with Gasteiger partial charge >= 0.3 is 30.8 Å². The fourth-order valence-electron chi connectivity index (χ4n) is 6.23. The van der Waals surface area contributed by atoms with Crippen molar-refractivity contribution < 1.29 is 53.2 Å². The van der Waals surface area contributed by atoms with Crippen LogP contribution < -0.4 is 18.9 Å². The molecule has 0 saturated carbocycles. The zero-order valence-corrected chi connectivity index (χ0v) is 32.4. The third-order valence-electron chi connectivity index (χ3n) is 9.47. The number of ether oxygens (including phenoxy) is 3. The molecule has 0 radical (unpaired) electrons. The number of allylic oxidation sites excluding steroid dienone is 4. The van der Waals surface area contributed by atoms with Crippen molar-refractivity contribution in [2.75, 3.05) is 7.11 Å². The summed E-state index contributed by atoms with van der Waals surface area (Å²) >= 11 is 0. The molecule has 2 N–H and O–H groups in total. The van der Waals surface area contributed by atoms with Gasteiger partial charge in [0.15, 0.2) is 0 Å². The molecule has 4 atom stereocenters. The van der Waals surface area contributed by atoms with Crippen LogP contribution in [0.2, 0.25) is 0 Å². The average molecular weight is 687 g/mol. The van der Waals surface area contributed by atoms with E-state index in [0.29, 0.717) is 30.8 Å². The van der Waals surface area contributed by atoms with Gasteiger partial charge in [0.25, 0.3) is 0 Å². The van der Waals surface area contributed by atoms with E-state index in [-0.39, 0.29) is 36.7 Å². The van der Waals surface area contributed by atoms with Crippen LogP contribution in [0.1, 0.15) is 194 Å². The number of unbranched alkanes of at least 4 members (excludes halogenated alkanes) is 18. The third-order valence-corrected chi connectivity index (χ3v) is 9.47. The molecule has 2 aliphatic rings. The second-order valence-electron chi connectivity index (χ2n) is 13.8. The molecular formula is C41H75LiO7. The van der Waals surface area contributed by atoms with Crippen molar-refractivity contribution in [2.24, 2.45) is 0 Å². The van der Waals surface area contributed by atoms with E-state index in [2.05, 4.69) is 42.9 Å². The number of methoxy groups -OCH3 is 1. The molecule has 0 bridgehead atoms. The predicted molar refractivity (Wildman–Crippen MR) is 198 cm³/mol. The van der Waals surface area contributed by atoms with Gasteiger partial charge in [-0.15, -0.1) is 0 Å². The maximum absolute atomic E-state index is 10.9. The molecule has 282 valence electrons. The minimum atomic E-state index is -0.690.